The molecule has 1 aliphatic rings. The largest absolute Gasteiger partial charge is 0.451 e. The monoisotopic (exact) mass is 291 g/mol. The molecule has 1 aromatic rings. The third kappa shape index (κ3) is 4.29. The van der Waals surface area contributed by atoms with Gasteiger partial charge in [-0.05, 0) is 43.9 Å². The summed E-state index contributed by atoms with van der Waals surface area (Å²) in [6.45, 7) is 4.20. The van der Waals surface area contributed by atoms with E-state index in [1.54, 1.807) is 6.92 Å². The molecule has 1 aromatic carbocycles. The molecule has 114 valence electrons. The van der Waals surface area contributed by atoms with Gasteiger partial charge in [0.05, 0.1) is 0 Å². The number of hydrogen-bond acceptors (Lipinski definition) is 4. The van der Waals surface area contributed by atoms with Crippen molar-refractivity contribution in [3.8, 4) is 0 Å². The molecule has 1 saturated heterocycles. The minimum atomic E-state index is -0.840. The maximum absolute atomic E-state index is 12.0. The second-order valence-corrected chi connectivity index (χ2v) is 5.12. The van der Waals surface area contributed by atoms with Gasteiger partial charge in [0, 0.05) is 12.3 Å². The molecule has 0 radical (unpaired) electrons. The van der Waals surface area contributed by atoms with Crippen LogP contribution in [-0.4, -0.2) is 30.7 Å². The smallest absolute Gasteiger partial charge is 0.336 e. The molecule has 1 fully saturated rings. The van der Waals surface area contributed by atoms with Crippen LogP contribution in [0.5, 0.6) is 0 Å². The average Bonchev–Trinajstić information content (AvgIpc) is 3.02. The third-order valence-corrected chi connectivity index (χ3v) is 3.48. The first-order valence-electron chi connectivity index (χ1n) is 7.32. The van der Waals surface area contributed by atoms with Crippen LogP contribution in [0.2, 0.25) is 0 Å². The van der Waals surface area contributed by atoms with Crippen LogP contribution in [-0.2, 0) is 25.5 Å². The predicted octanol–water partition coefficient (Wildman–Crippen LogP) is 2.30. The first-order chi connectivity index (χ1) is 10.1. The van der Waals surface area contributed by atoms with E-state index in [1.165, 1.54) is 5.56 Å². The average molecular weight is 291 g/mol. The van der Waals surface area contributed by atoms with Gasteiger partial charge in [-0.2, -0.15) is 0 Å². The first kappa shape index (κ1) is 15.5. The van der Waals surface area contributed by atoms with Gasteiger partial charge >= 0.3 is 5.97 Å². The molecule has 1 N–H and O–H groups in total. The topological polar surface area (TPSA) is 64.6 Å². The lowest BCUT2D eigenvalue weighted by atomic mass is 10.1. The van der Waals surface area contributed by atoms with Gasteiger partial charge in [0.1, 0.15) is 0 Å². The number of aryl methyl sites for hydroxylation is 1. The molecule has 2 atom stereocenters. The number of carbonyl (C=O) groups is 2. The number of anilines is 1. The molecular formula is C16H21NO4. The van der Waals surface area contributed by atoms with Crippen molar-refractivity contribution in [2.75, 3.05) is 11.9 Å². The van der Waals surface area contributed by atoms with Crippen molar-refractivity contribution in [2.24, 2.45) is 0 Å². The molecule has 0 spiro atoms. The molecule has 0 aromatic heterocycles. The third-order valence-electron chi connectivity index (χ3n) is 3.48. The Labute approximate surface area is 124 Å². The Bertz CT molecular complexity index is 492. The Morgan fingerprint density at radius 1 is 1.38 bits per heavy atom. The van der Waals surface area contributed by atoms with Gasteiger partial charge in [0.2, 0.25) is 0 Å². The summed E-state index contributed by atoms with van der Waals surface area (Å²) in [5, 5.41) is 2.73. The van der Waals surface area contributed by atoms with Crippen molar-refractivity contribution in [1.29, 1.82) is 0 Å². The van der Waals surface area contributed by atoms with E-state index < -0.39 is 18.2 Å². The molecule has 0 saturated carbocycles. The van der Waals surface area contributed by atoms with E-state index in [-0.39, 0.29) is 5.91 Å². The number of amides is 1. The molecule has 5 nitrogen and oxygen atoms in total. The summed E-state index contributed by atoms with van der Waals surface area (Å²) in [5.41, 5.74) is 1.89. The molecule has 1 heterocycles. The van der Waals surface area contributed by atoms with E-state index in [9.17, 15) is 9.59 Å². The molecule has 2 rings (SSSR count). The Balaban J connectivity index is 1.85. The molecule has 1 aliphatic heterocycles. The summed E-state index contributed by atoms with van der Waals surface area (Å²) < 4.78 is 10.4. The Morgan fingerprint density at radius 2 is 2.10 bits per heavy atom. The van der Waals surface area contributed by atoms with Gasteiger partial charge in [-0.1, -0.05) is 19.1 Å². The maximum atomic E-state index is 12.0. The van der Waals surface area contributed by atoms with Crippen LogP contribution in [0.15, 0.2) is 24.3 Å². The van der Waals surface area contributed by atoms with Crippen molar-refractivity contribution in [2.45, 2.75) is 45.3 Å². The van der Waals surface area contributed by atoms with Crippen LogP contribution in [0.4, 0.5) is 5.69 Å². The van der Waals surface area contributed by atoms with Gasteiger partial charge in [0.15, 0.2) is 12.2 Å². The van der Waals surface area contributed by atoms with Crippen LogP contribution in [0.3, 0.4) is 0 Å². The number of benzene rings is 1. The molecule has 5 heteroatoms. The van der Waals surface area contributed by atoms with E-state index >= 15 is 0 Å². The second kappa shape index (κ2) is 7.22. The zero-order valence-corrected chi connectivity index (χ0v) is 12.4. The summed E-state index contributed by atoms with van der Waals surface area (Å²) in [6, 6.07) is 7.59. The summed E-state index contributed by atoms with van der Waals surface area (Å²) in [7, 11) is 0. The van der Waals surface area contributed by atoms with E-state index in [0.717, 1.165) is 12.8 Å². The summed E-state index contributed by atoms with van der Waals surface area (Å²) >= 11 is 0. The Kier molecular flexibility index (Phi) is 5.33. The van der Waals surface area contributed by atoms with Gasteiger partial charge in [-0.15, -0.1) is 0 Å². The van der Waals surface area contributed by atoms with E-state index in [4.69, 9.17) is 9.47 Å². The lowest BCUT2D eigenvalue weighted by Crippen LogP contribution is -2.33. The van der Waals surface area contributed by atoms with Gasteiger partial charge in [-0.25, -0.2) is 4.79 Å². The standard InChI is InChI=1S/C16H21NO4/c1-3-12-6-8-13(9-7-12)17-15(18)11(2)21-16(19)14-5-4-10-20-14/h6-9,11,14H,3-5,10H2,1-2H3,(H,17,18)/t11-,14+/m1/s1. The highest BCUT2D eigenvalue weighted by molar-refractivity contribution is 5.95. The predicted molar refractivity (Wildman–Crippen MR) is 79.0 cm³/mol. The highest BCUT2D eigenvalue weighted by Gasteiger charge is 2.28. The number of rotatable bonds is 5. The highest BCUT2D eigenvalue weighted by Crippen LogP contribution is 2.15. The van der Waals surface area contributed by atoms with Crippen molar-refractivity contribution in [3.63, 3.8) is 0 Å². The lowest BCUT2D eigenvalue weighted by Gasteiger charge is -2.16. The number of carbonyl (C=O) groups excluding carboxylic acids is 2. The summed E-state index contributed by atoms with van der Waals surface area (Å²) in [5.74, 6) is -0.804. The first-order valence-corrected chi connectivity index (χ1v) is 7.32. The zero-order valence-electron chi connectivity index (χ0n) is 12.4. The van der Waals surface area contributed by atoms with Crippen LogP contribution >= 0.6 is 0 Å². The fraction of sp³-hybridized carbons (Fsp3) is 0.500. The van der Waals surface area contributed by atoms with Crippen molar-refractivity contribution in [1.82, 2.24) is 0 Å². The van der Waals surface area contributed by atoms with Crippen LogP contribution in [0.25, 0.3) is 0 Å². The van der Waals surface area contributed by atoms with Gasteiger partial charge < -0.3 is 14.8 Å². The minimum absolute atomic E-state index is 0.342. The quantitative estimate of drug-likeness (QED) is 0.845. The van der Waals surface area contributed by atoms with Crippen molar-refractivity contribution in [3.05, 3.63) is 29.8 Å². The van der Waals surface area contributed by atoms with Crippen molar-refractivity contribution < 1.29 is 19.1 Å². The molecular weight excluding hydrogens is 270 g/mol. The second-order valence-electron chi connectivity index (χ2n) is 5.12. The normalized spacial score (nSPS) is 19.0. The highest BCUT2D eigenvalue weighted by atomic mass is 16.6. The summed E-state index contributed by atoms with van der Waals surface area (Å²) in [6.07, 6.45) is 1.09. The van der Waals surface area contributed by atoms with Crippen LogP contribution in [0.1, 0.15) is 32.3 Å². The number of esters is 1. The van der Waals surface area contributed by atoms with Crippen LogP contribution in [0, 0.1) is 0 Å². The lowest BCUT2D eigenvalue weighted by molar-refractivity contribution is -0.162. The Hall–Kier alpha value is -1.88. The van der Waals surface area contributed by atoms with Gasteiger partial charge in [0.25, 0.3) is 5.91 Å². The minimum Gasteiger partial charge on any atom is -0.451 e. The Morgan fingerprint density at radius 3 is 2.67 bits per heavy atom. The maximum Gasteiger partial charge on any atom is 0.336 e. The van der Waals surface area contributed by atoms with E-state index in [0.29, 0.717) is 18.7 Å². The van der Waals surface area contributed by atoms with E-state index in [2.05, 4.69) is 12.2 Å². The van der Waals surface area contributed by atoms with Crippen LogP contribution < -0.4 is 5.32 Å². The molecule has 0 bridgehead atoms. The van der Waals surface area contributed by atoms with E-state index in [1.807, 2.05) is 24.3 Å². The molecule has 21 heavy (non-hydrogen) atoms. The zero-order chi connectivity index (χ0) is 15.2. The van der Waals surface area contributed by atoms with Gasteiger partial charge in [-0.3, -0.25) is 4.79 Å². The molecule has 0 aliphatic carbocycles. The van der Waals surface area contributed by atoms with Crippen molar-refractivity contribution >= 4 is 17.6 Å². The molecule has 1 amide bonds. The molecule has 0 unspecified atom stereocenters. The number of hydrogen-bond donors (Lipinski definition) is 1. The number of ether oxygens (including phenoxy) is 2. The fourth-order valence-corrected chi connectivity index (χ4v) is 2.13. The number of nitrogens with one attached hydrogen (secondary N) is 1. The fourth-order valence-electron chi connectivity index (χ4n) is 2.13. The summed E-state index contributed by atoms with van der Waals surface area (Å²) in [4.78, 5) is 23.8. The SMILES string of the molecule is CCc1ccc(NC(=O)[C@@H](C)OC(=O)[C@@H]2CCCO2)cc1.